The van der Waals surface area contributed by atoms with Crippen molar-refractivity contribution in [3.05, 3.63) is 65.7 Å². The van der Waals surface area contributed by atoms with Gasteiger partial charge in [0.2, 0.25) is 0 Å². The van der Waals surface area contributed by atoms with E-state index < -0.39 is 12.0 Å². The Morgan fingerprint density at radius 3 is 2.55 bits per heavy atom. The van der Waals surface area contributed by atoms with E-state index in [-0.39, 0.29) is 0 Å². The number of ether oxygens (including phenoxy) is 1. The minimum absolute atomic E-state index is 0.507. The highest BCUT2D eigenvalue weighted by molar-refractivity contribution is 5.73. The van der Waals surface area contributed by atoms with E-state index in [4.69, 9.17) is 9.84 Å². The van der Waals surface area contributed by atoms with E-state index in [1.165, 1.54) is 0 Å². The number of hydrogen-bond acceptors (Lipinski definition) is 3. The van der Waals surface area contributed by atoms with Crippen molar-refractivity contribution < 1.29 is 14.6 Å². The van der Waals surface area contributed by atoms with Crippen molar-refractivity contribution in [1.29, 1.82) is 0 Å². The molecular weight excluding hydrogens is 278 g/mol. The molecule has 0 amide bonds. The Balaban J connectivity index is 1.91. The van der Waals surface area contributed by atoms with E-state index in [1.807, 2.05) is 61.5 Å². The summed E-state index contributed by atoms with van der Waals surface area (Å²) in [6.07, 6.45) is 0.555. The smallest absolute Gasteiger partial charge is 0.320 e. The number of aliphatic carboxylic acids is 1. The van der Waals surface area contributed by atoms with Crippen LogP contribution in [0.4, 0.5) is 0 Å². The van der Waals surface area contributed by atoms with Gasteiger partial charge in [0.25, 0.3) is 0 Å². The molecule has 0 saturated carbocycles. The summed E-state index contributed by atoms with van der Waals surface area (Å²) in [6, 6.07) is 17.2. The third kappa shape index (κ3) is 4.90. The van der Waals surface area contributed by atoms with Crippen LogP contribution in [0.2, 0.25) is 0 Å². The normalized spacial score (nSPS) is 11.9. The molecule has 4 heteroatoms. The molecule has 0 aliphatic carbocycles. The van der Waals surface area contributed by atoms with Crippen LogP contribution in [0, 0.1) is 0 Å². The first-order valence-corrected chi connectivity index (χ1v) is 7.41. The summed E-state index contributed by atoms with van der Waals surface area (Å²) < 4.78 is 5.77. The molecule has 0 heterocycles. The van der Waals surface area contributed by atoms with Crippen molar-refractivity contribution >= 4 is 5.97 Å². The van der Waals surface area contributed by atoms with Gasteiger partial charge < -0.3 is 15.2 Å². The van der Waals surface area contributed by atoms with Gasteiger partial charge in [0.1, 0.15) is 18.4 Å². The maximum absolute atomic E-state index is 11.0. The van der Waals surface area contributed by atoms with Gasteiger partial charge in [-0.2, -0.15) is 0 Å². The molecule has 0 fully saturated rings. The zero-order valence-electron chi connectivity index (χ0n) is 12.7. The van der Waals surface area contributed by atoms with Gasteiger partial charge in [-0.3, -0.25) is 4.79 Å². The van der Waals surface area contributed by atoms with Crippen LogP contribution in [0.3, 0.4) is 0 Å². The van der Waals surface area contributed by atoms with E-state index >= 15 is 0 Å². The lowest BCUT2D eigenvalue weighted by Gasteiger charge is -2.13. The largest absolute Gasteiger partial charge is 0.489 e. The number of rotatable bonds is 8. The Hall–Kier alpha value is -2.33. The average molecular weight is 299 g/mol. The van der Waals surface area contributed by atoms with Gasteiger partial charge in [-0.25, -0.2) is 0 Å². The molecule has 1 unspecified atom stereocenters. The third-order valence-electron chi connectivity index (χ3n) is 3.41. The fourth-order valence-corrected chi connectivity index (χ4v) is 2.13. The van der Waals surface area contributed by atoms with Crippen molar-refractivity contribution in [3.8, 4) is 5.75 Å². The summed E-state index contributed by atoms with van der Waals surface area (Å²) in [5, 5.41) is 12.1. The summed E-state index contributed by atoms with van der Waals surface area (Å²) in [6.45, 7) is 2.88. The first kappa shape index (κ1) is 16.0. The Labute approximate surface area is 130 Å². The summed E-state index contributed by atoms with van der Waals surface area (Å²) in [7, 11) is 0. The van der Waals surface area contributed by atoms with Crippen molar-refractivity contribution in [2.24, 2.45) is 0 Å². The van der Waals surface area contributed by atoms with Gasteiger partial charge in [-0.15, -0.1) is 0 Å². The molecule has 0 aromatic heterocycles. The SMILES string of the molecule is CCC(NCc1cccc(OCc2ccccc2)c1)C(=O)O. The predicted octanol–water partition coefficient (Wildman–Crippen LogP) is 3.22. The molecule has 0 bridgehead atoms. The second-order valence-electron chi connectivity index (χ2n) is 5.10. The van der Waals surface area contributed by atoms with Crippen molar-refractivity contribution in [2.45, 2.75) is 32.5 Å². The molecule has 2 rings (SSSR count). The fourth-order valence-electron chi connectivity index (χ4n) is 2.13. The van der Waals surface area contributed by atoms with Crippen LogP contribution in [-0.2, 0) is 17.9 Å². The van der Waals surface area contributed by atoms with Crippen molar-refractivity contribution in [3.63, 3.8) is 0 Å². The van der Waals surface area contributed by atoms with Gasteiger partial charge in [-0.1, -0.05) is 49.4 Å². The summed E-state index contributed by atoms with van der Waals surface area (Å²) in [4.78, 5) is 11.0. The molecule has 2 aromatic carbocycles. The monoisotopic (exact) mass is 299 g/mol. The highest BCUT2D eigenvalue weighted by atomic mass is 16.5. The van der Waals surface area contributed by atoms with E-state index in [2.05, 4.69) is 5.32 Å². The van der Waals surface area contributed by atoms with Gasteiger partial charge in [0.05, 0.1) is 0 Å². The summed E-state index contributed by atoms with van der Waals surface area (Å²) in [5.74, 6) is -0.0366. The summed E-state index contributed by atoms with van der Waals surface area (Å²) in [5.41, 5.74) is 2.12. The van der Waals surface area contributed by atoms with Gasteiger partial charge in [0.15, 0.2) is 0 Å². The van der Waals surface area contributed by atoms with Crippen LogP contribution in [0.25, 0.3) is 0 Å². The van der Waals surface area contributed by atoms with E-state index in [0.29, 0.717) is 19.6 Å². The lowest BCUT2D eigenvalue weighted by Crippen LogP contribution is -2.35. The zero-order valence-corrected chi connectivity index (χ0v) is 12.7. The number of carboxylic acid groups (broad SMARTS) is 1. The molecule has 116 valence electrons. The molecule has 0 aliphatic rings. The first-order valence-electron chi connectivity index (χ1n) is 7.41. The minimum atomic E-state index is -0.820. The van der Waals surface area contributed by atoms with Crippen molar-refractivity contribution in [2.75, 3.05) is 0 Å². The molecule has 0 aliphatic heterocycles. The highest BCUT2D eigenvalue weighted by Gasteiger charge is 2.13. The molecule has 4 nitrogen and oxygen atoms in total. The Kier molecular flexibility index (Phi) is 5.98. The van der Waals surface area contributed by atoms with Gasteiger partial charge in [0, 0.05) is 6.54 Å². The third-order valence-corrected chi connectivity index (χ3v) is 3.41. The van der Waals surface area contributed by atoms with Crippen LogP contribution >= 0.6 is 0 Å². The Bertz CT molecular complexity index is 598. The Morgan fingerprint density at radius 1 is 1.14 bits per heavy atom. The fraction of sp³-hybridized carbons (Fsp3) is 0.278. The lowest BCUT2D eigenvalue weighted by atomic mass is 10.1. The Morgan fingerprint density at radius 2 is 1.86 bits per heavy atom. The lowest BCUT2D eigenvalue weighted by molar-refractivity contribution is -0.139. The van der Waals surface area contributed by atoms with E-state index in [1.54, 1.807) is 0 Å². The zero-order chi connectivity index (χ0) is 15.8. The van der Waals surface area contributed by atoms with Crippen LogP contribution in [0.1, 0.15) is 24.5 Å². The topological polar surface area (TPSA) is 58.6 Å². The highest BCUT2D eigenvalue weighted by Crippen LogP contribution is 2.15. The van der Waals surface area contributed by atoms with Gasteiger partial charge >= 0.3 is 5.97 Å². The quantitative estimate of drug-likeness (QED) is 0.786. The number of nitrogens with one attached hydrogen (secondary N) is 1. The predicted molar refractivity (Wildman–Crippen MR) is 85.8 cm³/mol. The van der Waals surface area contributed by atoms with Crippen molar-refractivity contribution in [1.82, 2.24) is 5.32 Å². The molecule has 0 radical (unpaired) electrons. The minimum Gasteiger partial charge on any atom is -0.489 e. The number of hydrogen-bond donors (Lipinski definition) is 2. The van der Waals surface area contributed by atoms with Crippen LogP contribution in [0.5, 0.6) is 5.75 Å². The second kappa shape index (κ2) is 8.20. The number of carbonyl (C=O) groups is 1. The number of carboxylic acids is 1. The molecule has 0 spiro atoms. The molecular formula is C18H21NO3. The molecule has 2 N–H and O–H groups in total. The van der Waals surface area contributed by atoms with Crippen LogP contribution < -0.4 is 10.1 Å². The van der Waals surface area contributed by atoms with E-state index in [9.17, 15) is 4.79 Å². The summed E-state index contributed by atoms with van der Waals surface area (Å²) >= 11 is 0. The van der Waals surface area contributed by atoms with Gasteiger partial charge in [-0.05, 0) is 29.7 Å². The molecule has 2 aromatic rings. The molecule has 0 saturated heterocycles. The second-order valence-corrected chi connectivity index (χ2v) is 5.10. The standard InChI is InChI=1S/C18H21NO3/c1-2-17(18(20)21)19-12-15-9-6-10-16(11-15)22-13-14-7-4-3-5-8-14/h3-11,17,19H,2,12-13H2,1H3,(H,20,21). The average Bonchev–Trinajstić information content (AvgIpc) is 2.54. The molecule has 1 atom stereocenters. The maximum atomic E-state index is 11.0. The maximum Gasteiger partial charge on any atom is 0.320 e. The first-order chi connectivity index (χ1) is 10.7. The molecule has 22 heavy (non-hydrogen) atoms. The van der Waals surface area contributed by atoms with Crippen LogP contribution in [-0.4, -0.2) is 17.1 Å². The van der Waals surface area contributed by atoms with Crippen LogP contribution in [0.15, 0.2) is 54.6 Å². The number of benzene rings is 2. The van der Waals surface area contributed by atoms with E-state index in [0.717, 1.165) is 16.9 Å².